The molecule has 151 valence electrons. The number of alkyl halides is 2. The first-order chi connectivity index (χ1) is 12.9. The maximum absolute atomic E-state index is 12.4. The van der Waals surface area contributed by atoms with Gasteiger partial charge in [-0.1, -0.05) is 0 Å². The van der Waals surface area contributed by atoms with Gasteiger partial charge in [-0.15, -0.1) is 7.05 Å². The van der Waals surface area contributed by atoms with Gasteiger partial charge in [0, 0.05) is 40.6 Å². The third kappa shape index (κ3) is 4.57. The Morgan fingerprint density at radius 2 is 2.11 bits per heavy atom. The van der Waals surface area contributed by atoms with Crippen LogP contribution < -0.4 is 10.1 Å². The summed E-state index contributed by atoms with van der Waals surface area (Å²) in [6.45, 7) is 0.674. The maximum Gasteiger partial charge on any atom is 0.388 e. The molecule has 3 aromatic rings. The summed E-state index contributed by atoms with van der Waals surface area (Å²) in [5, 5.41) is 7.67. The molecule has 0 aliphatic carbocycles. The molecule has 0 bridgehead atoms. The number of rotatable bonds is 6. The molecule has 0 fully saturated rings. The van der Waals surface area contributed by atoms with E-state index in [0.29, 0.717) is 22.8 Å². The van der Waals surface area contributed by atoms with Crippen molar-refractivity contribution in [1.82, 2.24) is 14.5 Å². The molecule has 28 heavy (non-hydrogen) atoms. The van der Waals surface area contributed by atoms with Crippen molar-refractivity contribution in [2.45, 2.75) is 27.0 Å². The van der Waals surface area contributed by atoms with Gasteiger partial charge in [-0.05, 0) is 31.5 Å². The Bertz CT molecular complexity index is 970. The van der Waals surface area contributed by atoms with Gasteiger partial charge in [0.05, 0.1) is 29.3 Å². The average molecular weight is 433 g/mol. The fourth-order valence-corrected chi connectivity index (χ4v) is 2.83. The zero-order valence-electron chi connectivity index (χ0n) is 15.4. The predicted molar refractivity (Wildman–Crippen MR) is 97.6 cm³/mol. The SMILES string of the molecule is C[N-]C(=O)Cn1ccc2c(Nc3c(C)cc(OC(F)F)nc3C)nccc21.[Co]. The second kappa shape index (κ2) is 8.98. The number of carbonyl (C=O) groups excluding carboxylic acids is 1. The van der Waals surface area contributed by atoms with E-state index in [4.69, 9.17) is 0 Å². The molecule has 0 aliphatic rings. The Hall–Kier alpha value is -2.72. The number of nitrogens with zero attached hydrogens (tertiary/aromatic N) is 4. The maximum atomic E-state index is 12.4. The third-order valence-electron chi connectivity index (χ3n) is 4.08. The van der Waals surface area contributed by atoms with Gasteiger partial charge < -0.3 is 24.7 Å². The van der Waals surface area contributed by atoms with Crippen LogP contribution in [0.4, 0.5) is 20.3 Å². The summed E-state index contributed by atoms with van der Waals surface area (Å²) in [4.78, 5) is 20.0. The molecule has 1 amide bonds. The second-order valence-electron chi connectivity index (χ2n) is 5.89. The van der Waals surface area contributed by atoms with Gasteiger partial charge in [0.25, 0.3) is 0 Å². The van der Waals surface area contributed by atoms with E-state index in [-0.39, 0.29) is 35.1 Å². The zero-order valence-corrected chi connectivity index (χ0v) is 16.4. The molecule has 3 rings (SSSR count). The number of nitrogens with one attached hydrogen (secondary N) is 1. The molecule has 0 unspecified atom stereocenters. The molecule has 10 heteroatoms. The quantitative estimate of drug-likeness (QED) is 0.637. The standard InChI is InChI=1S/C18H19F2N5O2.Co/c1-10-8-15(27-18(19)20)23-11(2)16(10)24-17-12-5-7-25(9-14(26)21-3)13(12)4-6-22-17;/h4-8,18H,9H2,1-3H3,(H2,21,22,24,26);/p-1. The van der Waals surface area contributed by atoms with Crippen LogP contribution in [-0.4, -0.2) is 34.1 Å². The molecule has 0 saturated carbocycles. The molecule has 0 aromatic carbocycles. The first kappa shape index (κ1) is 21.6. The second-order valence-corrected chi connectivity index (χ2v) is 5.89. The summed E-state index contributed by atoms with van der Waals surface area (Å²) < 4.78 is 31.0. The van der Waals surface area contributed by atoms with E-state index in [1.54, 1.807) is 36.9 Å². The smallest absolute Gasteiger partial charge is 0.388 e. The van der Waals surface area contributed by atoms with Crippen molar-refractivity contribution in [3.63, 3.8) is 0 Å². The largest absolute Gasteiger partial charge is 0.654 e. The molecule has 0 spiro atoms. The summed E-state index contributed by atoms with van der Waals surface area (Å²) in [7, 11) is 1.46. The van der Waals surface area contributed by atoms with Crippen molar-refractivity contribution in [2.75, 3.05) is 12.4 Å². The molecule has 7 nitrogen and oxygen atoms in total. The summed E-state index contributed by atoms with van der Waals surface area (Å²) >= 11 is 0. The van der Waals surface area contributed by atoms with Crippen LogP contribution in [0.15, 0.2) is 30.6 Å². The summed E-state index contributed by atoms with van der Waals surface area (Å²) in [5.74, 6) is 0.205. The number of carbonyl (C=O) groups is 1. The zero-order chi connectivity index (χ0) is 19.6. The first-order valence-corrected chi connectivity index (χ1v) is 8.15. The molecule has 0 atom stereocenters. The van der Waals surface area contributed by atoms with Crippen molar-refractivity contribution < 1.29 is 35.1 Å². The molecular formula is C18H18CoF2N5O2-. The van der Waals surface area contributed by atoms with Crippen LogP contribution in [0.3, 0.4) is 0 Å². The minimum Gasteiger partial charge on any atom is -0.654 e. The van der Waals surface area contributed by atoms with E-state index in [1.165, 1.54) is 13.1 Å². The number of aromatic nitrogens is 3. The Balaban J connectivity index is 0.00000280. The number of hydrogen-bond acceptors (Lipinski definition) is 5. The van der Waals surface area contributed by atoms with Crippen LogP contribution >= 0.6 is 0 Å². The van der Waals surface area contributed by atoms with Gasteiger partial charge in [0.2, 0.25) is 5.88 Å². The van der Waals surface area contributed by atoms with Crippen molar-refractivity contribution in [2.24, 2.45) is 0 Å². The van der Waals surface area contributed by atoms with Gasteiger partial charge in [-0.3, -0.25) is 0 Å². The van der Waals surface area contributed by atoms with E-state index in [1.807, 2.05) is 6.07 Å². The molecular weight excluding hydrogens is 415 g/mol. The Morgan fingerprint density at radius 1 is 1.36 bits per heavy atom. The van der Waals surface area contributed by atoms with Gasteiger partial charge >= 0.3 is 6.61 Å². The van der Waals surface area contributed by atoms with Gasteiger partial charge in [0.15, 0.2) is 0 Å². The number of anilines is 2. The van der Waals surface area contributed by atoms with Crippen LogP contribution in [0, 0.1) is 13.8 Å². The van der Waals surface area contributed by atoms with E-state index in [9.17, 15) is 13.6 Å². The Labute approximate surface area is 170 Å². The summed E-state index contributed by atoms with van der Waals surface area (Å²) in [6.07, 6.45) is 3.42. The normalized spacial score (nSPS) is 10.6. The minimum absolute atomic E-state index is 0. The number of amides is 1. The molecule has 0 aliphatic heterocycles. The van der Waals surface area contributed by atoms with Crippen LogP contribution in [0.25, 0.3) is 16.2 Å². The number of ether oxygens (including phenoxy) is 1. The molecule has 3 aromatic heterocycles. The Morgan fingerprint density at radius 3 is 2.75 bits per heavy atom. The topological polar surface area (TPSA) is 83.1 Å². The van der Waals surface area contributed by atoms with Crippen molar-refractivity contribution in [1.29, 1.82) is 0 Å². The predicted octanol–water partition coefficient (Wildman–Crippen LogP) is 3.92. The van der Waals surface area contributed by atoms with Crippen molar-refractivity contribution in [3.8, 4) is 5.88 Å². The van der Waals surface area contributed by atoms with Crippen LogP contribution in [0.5, 0.6) is 5.88 Å². The molecule has 1 N–H and O–H groups in total. The minimum atomic E-state index is -2.93. The van der Waals surface area contributed by atoms with Crippen LogP contribution in [-0.2, 0) is 28.1 Å². The van der Waals surface area contributed by atoms with Crippen molar-refractivity contribution in [3.05, 3.63) is 47.2 Å². The van der Waals surface area contributed by atoms with Crippen molar-refractivity contribution >= 4 is 28.3 Å². The van der Waals surface area contributed by atoms with E-state index >= 15 is 0 Å². The summed E-state index contributed by atoms with van der Waals surface area (Å²) in [5.41, 5.74) is 2.68. The van der Waals surface area contributed by atoms with Crippen LogP contribution in [0.2, 0.25) is 0 Å². The molecule has 0 saturated heterocycles. The Kier molecular flexibility index (Phi) is 6.92. The fourth-order valence-electron chi connectivity index (χ4n) is 2.83. The monoisotopic (exact) mass is 433 g/mol. The fraction of sp³-hybridized carbons (Fsp3) is 0.278. The number of aryl methyl sites for hydroxylation is 2. The van der Waals surface area contributed by atoms with E-state index < -0.39 is 6.61 Å². The van der Waals surface area contributed by atoms with Crippen LogP contribution in [0.1, 0.15) is 11.3 Å². The first-order valence-electron chi connectivity index (χ1n) is 8.15. The van der Waals surface area contributed by atoms with Gasteiger partial charge in [0.1, 0.15) is 5.82 Å². The number of halogens is 2. The van der Waals surface area contributed by atoms with E-state index in [2.05, 4.69) is 25.3 Å². The third-order valence-corrected chi connectivity index (χ3v) is 4.08. The summed E-state index contributed by atoms with van der Waals surface area (Å²) in [6, 6.07) is 5.09. The molecule has 1 radical (unpaired) electrons. The number of likely N-dealkylation sites (N-methyl/N-ethyl adjacent to an activating group) is 1. The van der Waals surface area contributed by atoms with Gasteiger partial charge in [-0.2, -0.15) is 8.78 Å². The van der Waals surface area contributed by atoms with Gasteiger partial charge in [-0.25, -0.2) is 9.97 Å². The number of pyridine rings is 2. The number of hydrogen-bond donors (Lipinski definition) is 1. The number of fused-ring (bicyclic) bond motifs is 1. The molecule has 3 heterocycles. The average Bonchev–Trinajstić information content (AvgIpc) is 3.01. The van der Waals surface area contributed by atoms with E-state index in [0.717, 1.165) is 10.9 Å².